The lowest BCUT2D eigenvalue weighted by molar-refractivity contribution is 0.0697. The number of urea groups is 1. The van der Waals surface area contributed by atoms with Gasteiger partial charge in [-0.15, -0.1) is 0 Å². The van der Waals surface area contributed by atoms with Crippen molar-refractivity contribution in [3.8, 4) is 0 Å². The fraction of sp³-hybridized carbons (Fsp3) is 0.0909. The second kappa shape index (κ2) is 6.28. The molecule has 3 N–H and O–H groups in total. The van der Waals surface area contributed by atoms with E-state index in [0.29, 0.717) is 5.69 Å². The molecule has 0 heterocycles. The topological polar surface area (TPSA) is 78.4 Å². The molecule has 2 amide bonds. The monoisotopic (exact) mass is 288 g/mol. The van der Waals surface area contributed by atoms with E-state index in [1.165, 1.54) is 18.2 Å². The van der Waals surface area contributed by atoms with Gasteiger partial charge in [0.15, 0.2) is 0 Å². The fourth-order valence-electron chi connectivity index (χ4n) is 1.09. The molecule has 0 aliphatic rings. The summed E-state index contributed by atoms with van der Waals surface area (Å²) in [5, 5.41) is 14.1. The van der Waals surface area contributed by atoms with Crippen molar-refractivity contribution in [1.29, 1.82) is 0 Å². The smallest absolute Gasteiger partial charge is 0.335 e. The van der Waals surface area contributed by atoms with Crippen molar-refractivity contribution in [3.63, 3.8) is 0 Å². The number of aromatic carboxylic acids is 1. The number of anilines is 1. The highest BCUT2D eigenvalue weighted by Gasteiger charge is 2.09. The molecule has 1 aromatic carbocycles. The van der Waals surface area contributed by atoms with E-state index < -0.39 is 12.0 Å². The standard InChI is InChI=1S/C11H10Cl2N2O3/c1-6(12)5-14-11(18)15-9-3-2-7(10(16)17)4-8(9)13/h2-4H,1,5H2,(H,16,17)(H2,14,15,18). The molecule has 0 radical (unpaired) electrons. The lowest BCUT2D eigenvalue weighted by atomic mass is 10.2. The number of rotatable bonds is 4. The number of halogens is 2. The number of nitrogens with one attached hydrogen (secondary N) is 2. The Hall–Kier alpha value is -1.72. The van der Waals surface area contributed by atoms with Gasteiger partial charge in [-0.25, -0.2) is 9.59 Å². The third kappa shape index (κ3) is 4.27. The summed E-state index contributed by atoms with van der Waals surface area (Å²) in [6.45, 7) is 3.54. The van der Waals surface area contributed by atoms with Gasteiger partial charge in [0.05, 0.1) is 22.8 Å². The number of amides is 2. The maximum atomic E-state index is 11.4. The fourth-order valence-corrected chi connectivity index (χ4v) is 1.39. The highest BCUT2D eigenvalue weighted by atomic mass is 35.5. The van der Waals surface area contributed by atoms with Gasteiger partial charge in [-0.1, -0.05) is 29.8 Å². The van der Waals surface area contributed by atoms with Crippen LogP contribution in [-0.2, 0) is 0 Å². The maximum Gasteiger partial charge on any atom is 0.335 e. The van der Waals surface area contributed by atoms with Crippen LogP contribution in [0.5, 0.6) is 0 Å². The zero-order valence-electron chi connectivity index (χ0n) is 9.17. The normalized spacial score (nSPS) is 9.67. The number of hydrogen-bond acceptors (Lipinski definition) is 2. The van der Waals surface area contributed by atoms with E-state index in [9.17, 15) is 9.59 Å². The number of benzene rings is 1. The molecular weight excluding hydrogens is 279 g/mol. The predicted octanol–water partition coefficient (Wildman–Crippen LogP) is 2.91. The summed E-state index contributed by atoms with van der Waals surface area (Å²) < 4.78 is 0. The average molecular weight is 289 g/mol. The minimum Gasteiger partial charge on any atom is -0.478 e. The average Bonchev–Trinajstić information content (AvgIpc) is 2.29. The summed E-state index contributed by atoms with van der Waals surface area (Å²) in [4.78, 5) is 22.1. The lowest BCUT2D eigenvalue weighted by Crippen LogP contribution is -2.29. The molecule has 0 fully saturated rings. The zero-order chi connectivity index (χ0) is 13.7. The van der Waals surface area contributed by atoms with Crippen molar-refractivity contribution in [2.75, 3.05) is 11.9 Å². The lowest BCUT2D eigenvalue weighted by Gasteiger charge is -2.08. The zero-order valence-corrected chi connectivity index (χ0v) is 10.7. The van der Waals surface area contributed by atoms with Crippen LogP contribution in [0.15, 0.2) is 29.8 Å². The summed E-state index contributed by atoms with van der Waals surface area (Å²) in [5.41, 5.74) is 0.347. The predicted molar refractivity (Wildman–Crippen MR) is 70.4 cm³/mol. The first-order chi connectivity index (χ1) is 8.40. The van der Waals surface area contributed by atoms with Gasteiger partial charge >= 0.3 is 12.0 Å². The number of hydrogen-bond donors (Lipinski definition) is 3. The molecule has 0 spiro atoms. The number of carboxylic acids is 1. The van der Waals surface area contributed by atoms with Crippen LogP contribution in [0.1, 0.15) is 10.4 Å². The third-order valence-electron chi connectivity index (χ3n) is 1.90. The van der Waals surface area contributed by atoms with Gasteiger partial charge in [-0.3, -0.25) is 0 Å². The minimum atomic E-state index is -1.09. The molecule has 0 saturated heterocycles. The Kier molecular flexibility index (Phi) is 5.00. The van der Waals surface area contributed by atoms with Gasteiger partial charge in [-0.05, 0) is 18.2 Å². The van der Waals surface area contributed by atoms with Gasteiger partial charge in [0.1, 0.15) is 0 Å². The van der Waals surface area contributed by atoms with Crippen LogP contribution in [0.4, 0.5) is 10.5 Å². The van der Waals surface area contributed by atoms with Crippen molar-refractivity contribution >= 4 is 40.9 Å². The number of carboxylic acid groups (broad SMARTS) is 1. The number of carbonyl (C=O) groups excluding carboxylic acids is 1. The minimum absolute atomic E-state index is 0.0418. The second-order valence-corrected chi connectivity index (χ2v) is 4.27. The van der Waals surface area contributed by atoms with E-state index in [0.717, 1.165) is 0 Å². The van der Waals surface area contributed by atoms with Gasteiger partial charge < -0.3 is 15.7 Å². The van der Waals surface area contributed by atoms with E-state index in [1.807, 2.05) is 0 Å². The van der Waals surface area contributed by atoms with E-state index in [4.69, 9.17) is 28.3 Å². The van der Waals surface area contributed by atoms with Crippen molar-refractivity contribution < 1.29 is 14.7 Å². The van der Waals surface area contributed by atoms with Gasteiger partial charge in [-0.2, -0.15) is 0 Å². The molecule has 0 saturated carbocycles. The van der Waals surface area contributed by atoms with E-state index in [2.05, 4.69) is 17.2 Å². The highest BCUT2D eigenvalue weighted by molar-refractivity contribution is 6.34. The Morgan fingerprint density at radius 1 is 1.39 bits per heavy atom. The van der Waals surface area contributed by atoms with Crippen LogP contribution >= 0.6 is 23.2 Å². The first-order valence-electron chi connectivity index (χ1n) is 4.81. The molecular formula is C11H10Cl2N2O3. The van der Waals surface area contributed by atoms with Crippen LogP contribution in [0.25, 0.3) is 0 Å². The van der Waals surface area contributed by atoms with Gasteiger partial charge in [0.25, 0.3) is 0 Å². The van der Waals surface area contributed by atoms with E-state index in [1.54, 1.807) is 0 Å². The highest BCUT2D eigenvalue weighted by Crippen LogP contribution is 2.22. The summed E-state index contributed by atoms with van der Waals surface area (Å²) in [6.07, 6.45) is 0. The van der Waals surface area contributed by atoms with Crippen molar-refractivity contribution in [1.82, 2.24) is 5.32 Å². The molecule has 0 aliphatic carbocycles. The van der Waals surface area contributed by atoms with Crippen LogP contribution in [-0.4, -0.2) is 23.7 Å². The van der Waals surface area contributed by atoms with Gasteiger partial charge in [0, 0.05) is 5.03 Å². The van der Waals surface area contributed by atoms with Crippen LogP contribution in [0.2, 0.25) is 5.02 Å². The Labute approximate surface area is 113 Å². The second-order valence-electron chi connectivity index (χ2n) is 3.32. The Morgan fingerprint density at radius 2 is 2.06 bits per heavy atom. The Bertz CT molecular complexity index is 503. The third-order valence-corrected chi connectivity index (χ3v) is 2.35. The first kappa shape index (κ1) is 14.3. The van der Waals surface area contributed by atoms with Gasteiger partial charge in [0.2, 0.25) is 0 Å². The number of carbonyl (C=O) groups is 2. The molecule has 1 rings (SSSR count). The van der Waals surface area contributed by atoms with E-state index >= 15 is 0 Å². The van der Waals surface area contributed by atoms with Crippen molar-refractivity contribution in [2.24, 2.45) is 0 Å². The maximum absolute atomic E-state index is 11.4. The molecule has 0 atom stereocenters. The molecule has 0 bridgehead atoms. The van der Waals surface area contributed by atoms with Crippen molar-refractivity contribution in [3.05, 3.63) is 40.4 Å². The molecule has 18 heavy (non-hydrogen) atoms. The summed E-state index contributed by atoms with van der Waals surface area (Å²) >= 11 is 11.3. The molecule has 5 nitrogen and oxygen atoms in total. The van der Waals surface area contributed by atoms with E-state index in [-0.39, 0.29) is 22.2 Å². The molecule has 0 aromatic heterocycles. The largest absolute Gasteiger partial charge is 0.478 e. The van der Waals surface area contributed by atoms with Crippen LogP contribution < -0.4 is 10.6 Å². The molecule has 7 heteroatoms. The van der Waals surface area contributed by atoms with Crippen LogP contribution in [0.3, 0.4) is 0 Å². The summed E-state index contributed by atoms with van der Waals surface area (Å²) in [7, 11) is 0. The molecule has 1 aromatic rings. The summed E-state index contributed by atoms with van der Waals surface area (Å²) in [5.74, 6) is -1.09. The molecule has 0 unspecified atom stereocenters. The first-order valence-corrected chi connectivity index (χ1v) is 5.56. The Morgan fingerprint density at radius 3 is 2.56 bits per heavy atom. The quantitative estimate of drug-likeness (QED) is 0.797. The molecule has 96 valence electrons. The van der Waals surface area contributed by atoms with Crippen molar-refractivity contribution in [2.45, 2.75) is 0 Å². The van der Waals surface area contributed by atoms with Crippen LogP contribution in [0, 0.1) is 0 Å². The molecule has 0 aliphatic heterocycles. The summed E-state index contributed by atoms with van der Waals surface area (Å²) in [6, 6.07) is 3.48. The Balaban J connectivity index is 2.70. The SMILES string of the molecule is C=C(Cl)CNC(=O)Nc1ccc(C(=O)O)cc1Cl.